The lowest BCUT2D eigenvalue weighted by Crippen LogP contribution is -2.27. The molecule has 130 valence electrons. The van der Waals surface area contributed by atoms with Gasteiger partial charge in [-0.1, -0.05) is 13.8 Å². The summed E-state index contributed by atoms with van der Waals surface area (Å²) in [6, 6.07) is 1.93. The van der Waals surface area contributed by atoms with E-state index >= 15 is 0 Å². The van der Waals surface area contributed by atoms with Crippen molar-refractivity contribution in [1.82, 2.24) is 25.1 Å². The normalized spacial score (nSPS) is 11.1. The van der Waals surface area contributed by atoms with Gasteiger partial charge in [-0.05, 0) is 46.1 Å². The van der Waals surface area contributed by atoms with Crippen LogP contribution in [0.4, 0.5) is 0 Å². The molecule has 0 radical (unpaired) electrons. The molecule has 0 saturated heterocycles. The molecule has 0 aliphatic rings. The van der Waals surface area contributed by atoms with Crippen molar-refractivity contribution in [3.8, 4) is 5.95 Å². The van der Waals surface area contributed by atoms with E-state index in [-0.39, 0.29) is 5.91 Å². The number of amides is 1. The zero-order valence-corrected chi connectivity index (χ0v) is 15.5. The summed E-state index contributed by atoms with van der Waals surface area (Å²) in [5.74, 6) is 1.17. The first kappa shape index (κ1) is 18.1. The monoisotopic (exact) mass is 329 g/mol. The lowest BCUT2D eigenvalue weighted by atomic mass is 10.1. The van der Waals surface area contributed by atoms with E-state index in [1.165, 1.54) is 0 Å². The van der Waals surface area contributed by atoms with E-state index in [1.807, 2.05) is 33.8 Å². The van der Waals surface area contributed by atoms with Gasteiger partial charge in [-0.15, -0.1) is 0 Å². The molecular formula is C18H27N5O. The third-order valence-electron chi connectivity index (χ3n) is 3.98. The molecule has 0 aromatic carbocycles. The minimum atomic E-state index is 0.0303. The average molecular weight is 329 g/mol. The van der Waals surface area contributed by atoms with Crippen LogP contribution in [0.2, 0.25) is 0 Å². The first-order chi connectivity index (χ1) is 11.3. The van der Waals surface area contributed by atoms with Crippen LogP contribution in [-0.2, 0) is 11.2 Å². The van der Waals surface area contributed by atoms with Gasteiger partial charge >= 0.3 is 0 Å². The van der Waals surface area contributed by atoms with Crippen molar-refractivity contribution in [2.45, 2.75) is 54.4 Å². The van der Waals surface area contributed by atoms with Gasteiger partial charge in [0.25, 0.3) is 5.95 Å². The Morgan fingerprint density at radius 3 is 2.38 bits per heavy atom. The zero-order valence-electron chi connectivity index (χ0n) is 15.5. The molecule has 2 rings (SSSR count). The van der Waals surface area contributed by atoms with Crippen LogP contribution in [0.5, 0.6) is 0 Å². The number of aryl methyl sites for hydroxylation is 3. The Morgan fingerprint density at radius 1 is 1.17 bits per heavy atom. The molecule has 0 spiro atoms. The van der Waals surface area contributed by atoms with Crippen LogP contribution >= 0.6 is 0 Å². The second kappa shape index (κ2) is 7.55. The van der Waals surface area contributed by atoms with Gasteiger partial charge < -0.3 is 5.32 Å². The highest BCUT2D eigenvalue weighted by molar-refractivity contribution is 5.79. The van der Waals surface area contributed by atoms with Crippen LogP contribution in [0.1, 0.15) is 48.6 Å². The Bertz CT molecular complexity index is 713. The molecule has 0 saturated carbocycles. The van der Waals surface area contributed by atoms with Crippen molar-refractivity contribution < 1.29 is 4.79 Å². The SMILES string of the molecule is Cc1cc(C)nc(-n2nc(C)c(CC(=O)NCCC(C)C)c2C)n1. The smallest absolute Gasteiger partial charge is 0.251 e. The van der Waals surface area contributed by atoms with Crippen LogP contribution < -0.4 is 5.32 Å². The maximum absolute atomic E-state index is 12.2. The molecule has 0 fully saturated rings. The minimum Gasteiger partial charge on any atom is -0.356 e. The van der Waals surface area contributed by atoms with Crippen molar-refractivity contribution >= 4 is 5.91 Å². The molecule has 1 N–H and O–H groups in total. The summed E-state index contributed by atoms with van der Waals surface area (Å²) in [5, 5.41) is 7.51. The summed E-state index contributed by atoms with van der Waals surface area (Å²) in [4.78, 5) is 21.1. The Labute approximate surface area is 143 Å². The molecule has 2 aromatic heterocycles. The van der Waals surface area contributed by atoms with Crippen LogP contribution in [0, 0.1) is 33.6 Å². The van der Waals surface area contributed by atoms with E-state index in [0.29, 0.717) is 24.8 Å². The van der Waals surface area contributed by atoms with E-state index in [1.54, 1.807) is 4.68 Å². The molecule has 0 atom stereocenters. The third-order valence-corrected chi connectivity index (χ3v) is 3.98. The molecule has 0 aliphatic heterocycles. The standard InChI is InChI=1S/C18H27N5O/c1-11(2)7-8-19-17(24)10-16-14(5)22-23(15(16)6)18-20-12(3)9-13(4)21-18/h9,11H,7-8,10H2,1-6H3,(H,19,24). The topological polar surface area (TPSA) is 72.7 Å². The van der Waals surface area contributed by atoms with Crippen molar-refractivity contribution in [2.24, 2.45) is 5.92 Å². The van der Waals surface area contributed by atoms with Gasteiger partial charge in [0, 0.05) is 29.2 Å². The summed E-state index contributed by atoms with van der Waals surface area (Å²) in [6.07, 6.45) is 1.32. The second-order valence-corrected chi connectivity index (χ2v) is 6.72. The predicted molar refractivity (Wildman–Crippen MR) is 94.3 cm³/mol. The first-order valence-electron chi connectivity index (χ1n) is 8.42. The fourth-order valence-corrected chi connectivity index (χ4v) is 2.65. The van der Waals surface area contributed by atoms with E-state index < -0.39 is 0 Å². The number of rotatable bonds is 6. The zero-order chi connectivity index (χ0) is 17.9. The molecule has 0 aliphatic carbocycles. The highest BCUT2D eigenvalue weighted by atomic mass is 16.1. The maximum atomic E-state index is 12.2. The molecule has 1 amide bonds. The van der Waals surface area contributed by atoms with Crippen LogP contribution in [0.15, 0.2) is 6.07 Å². The van der Waals surface area contributed by atoms with Crippen molar-refractivity contribution in [2.75, 3.05) is 6.54 Å². The van der Waals surface area contributed by atoms with Crippen LogP contribution in [0.25, 0.3) is 5.95 Å². The Balaban J connectivity index is 2.18. The molecular weight excluding hydrogens is 302 g/mol. The number of aromatic nitrogens is 4. The van der Waals surface area contributed by atoms with Gasteiger partial charge in [-0.3, -0.25) is 4.79 Å². The number of hydrogen-bond donors (Lipinski definition) is 1. The van der Waals surface area contributed by atoms with E-state index in [4.69, 9.17) is 0 Å². The molecule has 0 unspecified atom stereocenters. The quantitative estimate of drug-likeness (QED) is 0.884. The Hall–Kier alpha value is -2.24. The van der Waals surface area contributed by atoms with Crippen molar-refractivity contribution in [3.05, 3.63) is 34.4 Å². The Morgan fingerprint density at radius 2 is 1.79 bits per heavy atom. The number of carbonyl (C=O) groups is 1. The summed E-state index contributed by atoms with van der Waals surface area (Å²) in [6.45, 7) is 12.8. The van der Waals surface area contributed by atoms with E-state index in [9.17, 15) is 4.79 Å². The lowest BCUT2D eigenvalue weighted by molar-refractivity contribution is -0.120. The lowest BCUT2D eigenvalue weighted by Gasteiger charge is -2.08. The highest BCUT2D eigenvalue weighted by Gasteiger charge is 2.17. The predicted octanol–water partition coefficient (Wildman–Crippen LogP) is 2.60. The molecule has 0 bridgehead atoms. The van der Waals surface area contributed by atoms with Gasteiger partial charge in [0.2, 0.25) is 5.91 Å². The Kier molecular flexibility index (Phi) is 5.70. The average Bonchev–Trinajstić information content (AvgIpc) is 2.74. The summed E-state index contributed by atoms with van der Waals surface area (Å²) >= 11 is 0. The molecule has 2 aromatic rings. The van der Waals surface area contributed by atoms with Crippen LogP contribution in [0.3, 0.4) is 0 Å². The highest BCUT2D eigenvalue weighted by Crippen LogP contribution is 2.17. The van der Waals surface area contributed by atoms with Crippen molar-refractivity contribution in [1.29, 1.82) is 0 Å². The summed E-state index contributed by atoms with van der Waals surface area (Å²) in [5.41, 5.74) is 4.50. The number of nitrogens with one attached hydrogen (secondary N) is 1. The van der Waals surface area contributed by atoms with Gasteiger partial charge in [0.15, 0.2) is 0 Å². The third kappa shape index (κ3) is 4.40. The van der Waals surface area contributed by atoms with Crippen LogP contribution in [-0.4, -0.2) is 32.2 Å². The first-order valence-corrected chi connectivity index (χ1v) is 8.42. The van der Waals surface area contributed by atoms with Gasteiger partial charge in [-0.2, -0.15) is 5.10 Å². The molecule has 2 heterocycles. The summed E-state index contributed by atoms with van der Waals surface area (Å²) in [7, 11) is 0. The molecule has 24 heavy (non-hydrogen) atoms. The van der Waals surface area contributed by atoms with Gasteiger partial charge in [-0.25, -0.2) is 14.6 Å². The second-order valence-electron chi connectivity index (χ2n) is 6.72. The number of carbonyl (C=O) groups excluding carboxylic acids is 1. The van der Waals surface area contributed by atoms with Gasteiger partial charge in [0.05, 0.1) is 12.1 Å². The minimum absolute atomic E-state index is 0.0303. The van der Waals surface area contributed by atoms with E-state index in [2.05, 4.69) is 34.2 Å². The largest absolute Gasteiger partial charge is 0.356 e. The van der Waals surface area contributed by atoms with Crippen molar-refractivity contribution in [3.63, 3.8) is 0 Å². The fourth-order valence-electron chi connectivity index (χ4n) is 2.65. The van der Waals surface area contributed by atoms with Gasteiger partial charge in [0.1, 0.15) is 0 Å². The molecule has 6 heteroatoms. The fraction of sp³-hybridized carbons (Fsp3) is 0.556. The maximum Gasteiger partial charge on any atom is 0.251 e. The molecule has 6 nitrogen and oxygen atoms in total. The summed E-state index contributed by atoms with van der Waals surface area (Å²) < 4.78 is 1.73. The van der Waals surface area contributed by atoms with E-state index in [0.717, 1.165) is 34.8 Å². The number of hydrogen-bond acceptors (Lipinski definition) is 4. The number of nitrogens with zero attached hydrogens (tertiary/aromatic N) is 4.